The zero-order valence-corrected chi connectivity index (χ0v) is 17.1. The van der Waals surface area contributed by atoms with Gasteiger partial charge in [-0.3, -0.25) is 9.48 Å². The summed E-state index contributed by atoms with van der Waals surface area (Å²) in [6, 6.07) is 3.01. The maximum absolute atomic E-state index is 13.8. The first-order chi connectivity index (χ1) is 13.9. The molecule has 7 nitrogen and oxygen atoms in total. The number of carboxylic acid groups (broad SMARTS) is 1. The number of nitrogens with zero attached hydrogens (tertiary/aromatic N) is 2. The number of carboxylic acids is 1. The predicted molar refractivity (Wildman–Crippen MR) is 100 cm³/mol. The quantitative estimate of drug-likeness (QED) is 0.732. The Bertz CT molecular complexity index is 1050. The summed E-state index contributed by atoms with van der Waals surface area (Å²) in [6.07, 6.45) is -3.35. The molecule has 0 saturated heterocycles. The average molecular weight is 446 g/mol. The van der Waals surface area contributed by atoms with Gasteiger partial charge < -0.3 is 9.84 Å². The fourth-order valence-corrected chi connectivity index (χ4v) is 5.80. The van der Waals surface area contributed by atoms with E-state index in [1.165, 1.54) is 23.1 Å². The number of ether oxygens (including phenoxy) is 1. The van der Waals surface area contributed by atoms with Gasteiger partial charge in [0.1, 0.15) is 0 Å². The second-order valence-electron chi connectivity index (χ2n) is 7.19. The first-order valence-corrected chi connectivity index (χ1v) is 10.8. The van der Waals surface area contributed by atoms with Gasteiger partial charge in [-0.1, -0.05) is 6.07 Å². The average Bonchev–Trinajstić information content (AvgIpc) is 3.28. The van der Waals surface area contributed by atoms with E-state index < -0.39 is 49.7 Å². The van der Waals surface area contributed by atoms with Crippen LogP contribution in [-0.2, 0) is 32.6 Å². The molecule has 1 N–H and O–H groups in total. The smallest absolute Gasteiger partial charge is 0.417 e. The SMILES string of the molecule is CCO[C@H]1C[C@@H](S(=O)(=O)c2ccc(-c3cnn(C)c3)cc2C(F)(F)F)C[C@@H]1C(=O)O. The Labute approximate surface area is 171 Å². The van der Waals surface area contributed by atoms with E-state index >= 15 is 0 Å². The van der Waals surface area contributed by atoms with Gasteiger partial charge in [-0.15, -0.1) is 0 Å². The third kappa shape index (κ3) is 4.22. The van der Waals surface area contributed by atoms with Crippen molar-refractivity contribution < 1.29 is 36.2 Å². The maximum atomic E-state index is 13.8. The van der Waals surface area contributed by atoms with Crippen molar-refractivity contribution in [2.24, 2.45) is 13.0 Å². The van der Waals surface area contributed by atoms with Crippen LogP contribution in [0.1, 0.15) is 25.3 Å². The molecule has 1 aromatic carbocycles. The van der Waals surface area contributed by atoms with Crippen LogP contribution in [0.15, 0.2) is 35.5 Å². The fraction of sp³-hybridized carbons (Fsp3) is 0.474. The number of benzene rings is 1. The number of aromatic nitrogens is 2. The number of hydrogen-bond donors (Lipinski definition) is 1. The van der Waals surface area contributed by atoms with Gasteiger partial charge in [0.05, 0.1) is 33.9 Å². The number of halogens is 3. The van der Waals surface area contributed by atoms with Gasteiger partial charge in [0.2, 0.25) is 0 Å². The fourth-order valence-electron chi connectivity index (χ4n) is 3.80. The lowest BCUT2D eigenvalue weighted by Crippen LogP contribution is -2.25. The van der Waals surface area contributed by atoms with Crippen molar-refractivity contribution in [2.75, 3.05) is 6.61 Å². The van der Waals surface area contributed by atoms with Crippen LogP contribution in [-0.4, -0.2) is 47.2 Å². The first-order valence-electron chi connectivity index (χ1n) is 9.23. The van der Waals surface area contributed by atoms with Crippen LogP contribution in [0, 0.1) is 5.92 Å². The number of alkyl halides is 3. The summed E-state index contributed by atoms with van der Waals surface area (Å²) in [6.45, 7) is 1.81. The summed E-state index contributed by atoms with van der Waals surface area (Å²) in [4.78, 5) is 10.6. The highest BCUT2D eigenvalue weighted by atomic mass is 32.2. The molecule has 0 bridgehead atoms. The van der Waals surface area contributed by atoms with E-state index in [4.69, 9.17) is 4.74 Å². The Hall–Kier alpha value is -2.40. The largest absolute Gasteiger partial charge is 0.481 e. The van der Waals surface area contributed by atoms with E-state index in [-0.39, 0.29) is 25.0 Å². The number of aliphatic carboxylic acids is 1. The highest BCUT2D eigenvalue weighted by Gasteiger charge is 2.47. The number of carbonyl (C=O) groups is 1. The zero-order chi connectivity index (χ0) is 22.3. The summed E-state index contributed by atoms with van der Waals surface area (Å²) in [5, 5.41) is 12.0. The molecule has 30 heavy (non-hydrogen) atoms. The topological polar surface area (TPSA) is 98.5 Å². The number of hydrogen-bond acceptors (Lipinski definition) is 5. The molecule has 0 aliphatic heterocycles. The molecule has 1 aliphatic carbocycles. The summed E-state index contributed by atoms with van der Waals surface area (Å²) in [7, 11) is -2.84. The van der Waals surface area contributed by atoms with Crippen molar-refractivity contribution in [1.82, 2.24) is 9.78 Å². The molecule has 3 atom stereocenters. The summed E-state index contributed by atoms with van der Waals surface area (Å²) in [5.41, 5.74) is -0.692. The molecule has 11 heteroatoms. The predicted octanol–water partition coefficient (Wildman–Crippen LogP) is 3.15. The Morgan fingerprint density at radius 1 is 1.30 bits per heavy atom. The van der Waals surface area contributed by atoms with Gasteiger partial charge in [0.15, 0.2) is 9.84 Å². The molecule has 0 unspecified atom stereocenters. The Morgan fingerprint density at radius 3 is 2.53 bits per heavy atom. The molecule has 1 aliphatic rings. The Balaban J connectivity index is 2.04. The second-order valence-corrected chi connectivity index (χ2v) is 9.38. The van der Waals surface area contributed by atoms with Gasteiger partial charge >= 0.3 is 12.1 Å². The summed E-state index contributed by atoms with van der Waals surface area (Å²) in [5.74, 6) is -2.32. The zero-order valence-electron chi connectivity index (χ0n) is 16.3. The minimum absolute atomic E-state index is 0.172. The molecule has 1 saturated carbocycles. The molecule has 164 valence electrons. The first kappa shape index (κ1) is 22.3. The van der Waals surface area contributed by atoms with Crippen molar-refractivity contribution in [1.29, 1.82) is 0 Å². The molecule has 2 aromatic rings. The van der Waals surface area contributed by atoms with E-state index in [0.717, 1.165) is 12.1 Å². The minimum Gasteiger partial charge on any atom is -0.481 e. The normalized spacial score (nSPS) is 22.4. The van der Waals surface area contributed by atoms with Crippen molar-refractivity contribution >= 4 is 15.8 Å². The maximum Gasteiger partial charge on any atom is 0.417 e. The summed E-state index contributed by atoms with van der Waals surface area (Å²) < 4.78 is 74.3. The number of aryl methyl sites for hydroxylation is 1. The van der Waals surface area contributed by atoms with Crippen molar-refractivity contribution in [3.8, 4) is 11.1 Å². The van der Waals surface area contributed by atoms with E-state index in [9.17, 15) is 31.5 Å². The molecule has 0 amide bonds. The second kappa shape index (κ2) is 8.03. The molecule has 1 aromatic heterocycles. The van der Waals surface area contributed by atoms with E-state index in [0.29, 0.717) is 5.56 Å². The van der Waals surface area contributed by atoms with E-state index in [2.05, 4.69) is 5.10 Å². The highest BCUT2D eigenvalue weighted by Crippen LogP contribution is 2.42. The van der Waals surface area contributed by atoms with Gasteiger partial charge in [-0.05, 0) is 37.5 Å². The standard InChI is InChI=1S/C19H21F3N2O5S/c1-3-29-16-8-13(7-14(16)18(25)26)30(27,28)17-5-4-11(6-15(17)19(20,21)22)12-9-23-24(2)10-12/h4-6,9-10,13-14,16H,3,7-8H2,1-2H3,(H,25,26)/t13-,14-,16-/m0/s1. The van der Waals surface area contributed by atoms with E-state index in [1.807, 2.05) is 0 Å². The van der Waals surface area contributed by atoms with Crippen LogP contribution in [0.4, 0.5) is 13.2 Å². The lowest BCUT2D eigenvalue weighted by atomic mass is 10.1. The van der Waals surface area contributed by atoms with Crippen molar-refractivity contribution in [2.45, 2.75) is 42.2 Å². The minimum atomic E-state index is -4.91. The third-order valence-electron chi connectivity index (χ3n) is 5.23. The van der Waals surface area contributed by atoms with E-state index in [1.54, 1.807) is 14.0 Å². The number of sulfone groups is 1. The molecule has 0 radical (unpaired) electrons. The Kier molecular flexibility index (Phi) is 5.96. The molecule has 1 fully saturated rings. The lowest BCUT2D eigenvalue weighted by molar-refractivity contribution is -0.146. The molecular formula is C19H21F3N2O5S. The Morgan fingerprint density at radius 2 is 2.00 bits per heavy atom. The van der Waals surface area contributed by atoms with Crippen LogP contribution >= 0.6 is 0 Å². The van der Waals surface area contributed by atoms with Crippen LogP contribution in [0.3, 0.4) is 0 Å². The highest BCUT2D eigenvalue weighted by molar-refractivity contribution is 7.92. The van der Waals surface area contributed by atoms with Crippen LogP contribution in [0.25, 0.3) is 11.1 Å². The van der Waals surface area contributed by atoms with Crippen molar-refractivity contribution in [3.05, 3.63) is 36.2 Å². The molecular weight excluding hydrogens is 425 g/mol. The van der Waals surface area contributed by atoms with Gasteiger partial charge in [-0.2, -0.15) is 18.3 Å². The van der Waals surface area contributed by atoms with Crippen molar-refractivity contribution in [3.63, 3.8) is 0 Å². The third-order valence-corrected chi connectivity index (χ3v) is 7.46. The van der Waals surface area contributed by atoms with Gasteiger partial charge in [-0.25, -0.2) is 8.42 Å². The summed E-state index contributed by atoms with van der Waals surface area (Å²) >= 11 is 0. The number of rotatable bonds is 6. The molecule has 1 heterocycles. The lowest BCUT2D eigenvalue weighted by Gasteiger charge is -2.18. The molecule has 0 spiro atoms. The van der Waals surface area contributed by atoms with Gasteiger partial charge in [0, 0.05) is 25.4 Å². The van der Waals surface area contributed by atoms with Crippen LogP contribution in [0.5, 0.6) is 0 Å². The van der Waals surface area contributed by atoms with Crippen LogP contribution in [0.2, 0.25) is 0 Å². The van der Waals surface area contributed by atoms with Crippen LogP contribution < -0.4 is 0 Å². The van der Waals surface area contributed by atoms with Gasteiger partial charge in [0.25, 0.3) is 0 Å². The monoisotopic (exact) mass is 446 g/mol. The molecule has 3 rings (SSSR count).